The Morgan fingerprint density at radius 2 is 2.29 bits per heavy atom. The average molecular weight is 242 g/mol. The van der Waals surface area contributed by atoms with Gasteiger partial charge in [0.1, 0.15) is 11.6 Å². The SMILES string of the molecule is COc1cc(F)ccc1NC(=O)NCCCO. The summed E-state index contributed by atoms with van der Waals surface area (Å²) < 4.78 is 17.8. The minimum absolute atomic E-state index is 0.0140. The maximum absolute atomic E-state index is 12.9. The van der Waals surface area contributed by atoms with Crippen LogP contribution in [0, 0.1) is 5.82 Å². The van der Waals surface area contributed by atoms with Gasteiger partial charge in [-0.15, -0.1) is 0 Å². The van der Waals surface area contributed by atoms with Crippen molar-refractivity contribution in [1.29, 1.82) is 0 Å². The van der Waals surface area contributed by atoms with Crippen molar-refractivity contribution >= 4 is 11.7 Å². The van der Waals surface area contributed by atoms with Crippen LogP contribution >= 0.6 is 0 Å². The topological polar surface area (TPSA) is 70.6 Å². The standard InChI is InChI=1S/C11H15FN2O3/c1-17-10-7-8(12)3-4-9(10)14-11(16)13-5-2-6-15/h3-4,7,15H,2,5-6H2,1H3,(H2,13,14,16). The molecule has 1 rings (SSSR count). The van der Waals surface area contributed by atoms with E-state index in [0.717, 1.165) is 0 Å². The van der Waals surface area contributed by atoms with Crippen LogP contribution in [0.1, 0.15) is 6.42 Å². The summed E-state index contributed by atoms with van der Waals surface area (Å²) in [6.45, 7) is 0.381. The fourth-order valence-electron chi connectivity index (χ4n) is 1.22. The molecular formula is C11H15FN2O3. The molecule has 0 saturated heterocycles. The number of carbonyl (C=O) groups is 1. The van der Waals surface area contributed by atoms with E-state index < -0.39 is 11.8 Å². The summed E-state index contributed by atoms with van der Waals surface area (Å²) in [5, 5.41) is 13.6. The van der Waals surface area contributed by atoms with Crippen molar-refractivity contribution in [2.45, 2.75) is 6.42 Å². The normalized spacial score (nSPS) is 9.82. The van der Waals surface area contributed by atoms with Crippen LogP contribution in [0.3, 0.4) is 0 Å². The molecule has 0 aliphatic heterocycles. The summed E-state index contributed by atoms with van der Waals surface area (Å²) in [5.41, 5.74) is 0.385. The third-order valence-electron chi connectivity index (χ3n) is 2.03. The van der Waals surface area contributed by atoms with Crippen molar-refractivity contribution in [2.75, 3.05) is 25.6 Å². The number of benzene rings is 1. The molecule has 1 aromatic carbocycles. The van der Waals surface area contributed by atoms with Gasteiger partial charge in [-0.3, -0.25) is 0 Å². The number of halogens is 1. The van der Waals surface area contributed by atoms with E-state index in [4.69, 9.17) is 9.84 Å². The van der Waals surface area contributed by atoms with Crippen LogP contribution in [0.4, 0.5) is 14.9 Å². The molecule has 0 unspecified atom stereocenters. The van der Waals surface area contributed by atoms with Gasteiger partial charge in [0.25, 0.3) is 0 Å². The van der Waals surface area contributed by atoms with Crippen LogP contribution in [0.25, 0.3) is 0 Å². The van der Waals surface area contributed by atoms with Crippen LogP contribution in [0.5, 0.6) is 5.75 Å². The highest BCUT2D eigenvalue weighted by molar-refractivity contribution is 5.90. The van der Waals surface area contributed by atoms with Crippen LogP contribution in [-0.4, -0.2) is 31.4 Å². The lowest BCUT2D eigenvalue weighted by atomic mass is 10.3. The first-order valence-electron chi connectivity index (χ1n) is 5.16. The molecule has 5 nitrogen and oxygen atoms in total. The lowest BCUT2D eigenvalue weighted by Crippen LogP contribution is -2.30. The molecule has 0 saturated carbocycles. The Morgan fingerprint density at radius 1 is 1.53 bits per heavy atom. The molecule has 94 valence electrons. The second-order valence-electron chi connectivity index (χ2n) is 3.30. The maximum Gasteiger partial charge on any atom is 0.319 e. The first-order valence-corrected chi connectivity index (χ1v) is 5.16. The van der Waals surface area contributed by atoms with Crippen molar-refractivity contribution in [1.82, 2.24) is 5.32 Å². The van der Waals surface area contributed by atoms with Gasteiger partial charge in [-0.25, -0.2) is 9.18 Å². The minimum atomic E-state index is -0.437. The lowest BCUT2D eigenvalue weighted by molar-refractivity contribution is 0.248. The fourth-order valence-corrected chi connectivity index (χ4v) is 1.22. The van der Waals surface area contributed by atoms with Gasteiger partial charge in [-0.2, -0.15) is 0 Å². The van der Waals surface area contributed by atoms with Gasteiger partial charge in [0.15, 0.2) is 0 Å². The van der Waals surface area contributed by atoms with E-state index in [2.05, 4.69) is 10.6 Å². The summed E-state index contributed by atoms with van der Waals surface area (Å²) in [5.74, 6) is -0.185. The summed E-state index contributed by atoms with van der Waals surface area (Å²) in [6, 6.07) is 3.40. The van der Waals surface area contributed by atoms with Crippen molar-refractivity contribution in [3.8, 4) is 5.75 Å². The Morgan fingerprint density at radius 3 is 2.94 bits per heavy atom. The Kier molecular flexibility index (Phi) is 5.22. The number of amides is 2. The summed E-state index contributed by atoms with van der Waals surface area (Å²) in [6.07, 6.45) is 0.480. The van der Waals surface area contributed by atoms with E-state index in [1.54, 1.807) is 0 Å². The number of hydrogen-bond acceptors (Lipinski definition) is 3. The Labute approximate surface area is 98.6 Å². The number of urea groups is 1. The zero-order chi connectivity index (χ0) is 12.7. The fraction of sp³-hybridized carbons (Fsp3) is 0.364. The molecule has 17 heavy (non-hydrogen) atoms. The highest BCUT2D eigenvalue weighted by atomic mass is 19.1. The molecule has 0 aliphatic rings. The van der Waals surface area contributed by atoms with Crippen LogP contribution in [0.2, 0.25) is 0 Å². The first-order chi connectivity index (χ1) is 8.17. The highest BCUT2D eigenvalue weighted by Gasteiger charge is 2.07. The smallest absolute Gasteiger partial charge is 0.319 e. The third-order valence-corrected chi connectivity index (χ3v) is 2.03. The molecular weight excluding hydrogens is 227 g/mol. The van der Waals surface area contributed by atoms with Gasteiger partial charge in [0.2, 0.25) is 0 Å². The summed E-state index contributed by atoms with van der Waals surface area (Å²) >= 11 is 0. The predicted octanol–water partition coefficient (Wildman–Crippen LogP) is 1.34. The van der Waals surface area contributed by atoms with Gasteiger partial charge in [-0.05, 0) is 18.6 Å². The van der Waals surface area contributed by atoms with E-state index in [9.17, 15) is 9.18 Å². The number of rotatable bonds is 5. The number of ether oxygens (including phenoxy) is 1. The van der Waals surface area contributed by atoms with E-state index in [1.165, 1.54) is 25.3 Å². The highest BCUT2D eigenvalue weighted by Crippen LogP contribution is 2.24. The van der Waals surface area contributed by atoms with E-state index >= 15 is 0 Å². The number of aliphatic hydroxyl groups is 1. The monoisotopic (exact) mass is 242 g/mol. The Balaban J connectivity index is 2.58. The molecule has 0 fully saturated rings. The number of methoxy groups -OCH3 is 1. The molecule has 0 aliphatic carbocycles. The van der Waals surface area contributed by atoms with E-state index in [1.807, 2.05) is 0 Å². The van der Waals surface area contributed by atoms with E-state index in [-0.39, 0.29) is 12.4 Å². The van der Waals surface area contributed by atoms with Gasteiger partial charge < -0.3 is 20.5 Å². The summed E-state index contributed by atoms with van der Waals surface area (Å²) in [4.78, 5) is 11.4. The van der Waals surface area contributed by atoms with Gasteiger partial charge >= 0.3 is 6.03 Å². The number of carbonyl (C=O) groups excluding carboxylic acids is 1. The van der Waals surface area contributed by atoms with Crippen molar-refractivity contribution in [3.63, 3.8) is 0 Å². The average Bonchev–Trinajstić information content (AvgIpc) is 2.32. The molecule has 0 spiro atoms. The molecule has 0 aromatic heterocycles. The third kappa shape index (κ3) is 4.28. The second kappa shape index (κ2) is 6.70. The largest absolute Gasteiger partial charge is 0.494 e. The summed E-state index contributed by atoms with van der Waals surface area (Å²) in [7, 11) is 1.39. The Hall–Kier alpha value is -1.82. The molecule has 2 amide bonds. The molecule has 0 radical (unpaired) electrons. The second-order valence-corrected chi connectivity index (χ2v) is 3.30. The Bertz CT molecular complexity index is 385. The van der Waals surface area contributed by atoms with Gasteiger partial charge in [0.05, 0.1) is 12.8 Å². The number of hydrogen-bond donors (Lipinski definition) is 3. The molecule has 0 heterocycles. The number of anilines is 1. The maximum atomic E-state index is 12.9. The zero-order valence-electron chi connectivity index (χ0n) is 9.50. The molecule has 1 aromatic rings. The van der Waals surface area contributed by atoms with Crippen LogP contribution < -0.4 is 15.4 Å². The van der Waals surface area contributed by atoms with Crippen molar-refractivity contribution < 1.29 is 19.0 Å². The quantitative estimate of drug-likeness (QED) is 0.682. The van der Waals surface area contributed by atoms with Crippen LogP contribution in [-0.2, 0) is 0 Å². The molecule has 0 bridgehead atoms. The first kappa shape index (κ1) is 13.2. The van der Waals surface area contributed by atoms with Gasteiger partial charge in [-0.1, -0.05) is 0 Å². The zero-order valence-corrected chi connectivity index (χ0v) is 9.50. The van der Waals surface area contributed by atoms with Gasteiger partial charge in [0, 0.05) is 19.2 Å². The number of nitrogens with one attached hydrogen (secondary N) is 2. The van der Waals surface area contributed by atoms with E-state index in [0.29, 0.717) is 18.7 Å². The van der Waals surface area contributed by atoms with Crippen LogP contribution in [0.15, 0.2) is 18.2 Å². The number of aliphatic hydroxyl groups excluding tert-OH is 1. The van der Waals surface area contributed by atoms with Crippen molar-refractivity contribution in [3.05, 3.63) is 24.0 Å². The van der Waals surface area contributed by atoms with Crippen molar-refractivity contribution in [2.24, 2.45) is 0 Å². The molecule has 6 heteroatoms. The molecule has 3 N–H and O–H groups in total. The molecule has 0 atom stereocenters. The lowest BCUT2D eigenvalue weighted by Gasteiger charge is -2.10. The predicted molar refractivity (Wildman–Crippen MR) is 61.7 cm³/mol. The minimum Gasteiger partial charge on any atom is -0.494 e.